The summed E-state index contributed by atoms with van der Waals surface area (Å²) in [6.45, 7) is 0.249. The number of halogens is 1. The third-order valence-corrected chi connectivity index (χ3v) is 4.08. The summed E-state index contributed by atoms with van der Waals surface area (Å²) in [6, 6.07) is 6.02. The van der Waals surface area contributed by atoms with Crippen LogP contribution in [0, 0.1) is 11.7 Å². The second kappa shape index (κ2) is 6.26. The average Bonchev–Trinajstić information content (AvgIpc) is 2.37. The summed E-state index contributed by atoms with van der Waals surface area (Å²) in [6.07, 6.45) is 1.63. The molecule has 0 amide bonds. The molecular weight excluding hydrogens is 239 g/mol. The van der Waals surface area contributed by atoms with Gasteiger partial charge in [-0.25, -0.2) is 4.39 Å². The fraction of sp³-hybridized carbons (Fsp3) is 0.538. The molecule has 0 spiro atoms. The van der Waals surface area contributed by atoms with Crippen LogP contribution in [0.1, 0.15) is 12.8 Å². The summed E-state index contributed by atoms with van der Waals surface area (Å²) in [7, 11) is 0. The fourth-order valence-electron chi connectivity index (χ4n) is 1.98. The van der Waals surface area contributed by atoms with Gasteiger partial charge in [-0.05, 0) is 42.4 Å². The van der Waals surface area contributed by atoms with Crippen molar-refractivity contribution in [2.24, 2.45) is 5.92 Å². The first-order valence-electron chi connectivity index (χ1n) is 5.90. The van der Waals surface area contributed by atoms with Crippen molar-refractivity contribution < 1.29 is 14.2 Å². The van der Waals surface area contributed by atoms with Gasteiger partial charge in [0.2, 0.25) is 0 Å². The van der Waals surface area contributed by atoms with Crippen LogP contribution in [-0.2, 0) is 0 Å². The maximum Gasteiger partial charge on any atom is 0.126 e. The predicted molar refractivity (Wildman–Crippen MR) is 68.0 cm³/mol. The van der Waals surface area contributed by atoms with Crippen LogP contribution in [0.25, 0.3) is 0 Å². The van der Waals surface area contributed by atoms with E-state index < -0.39 is 6.10 Å². The Kier molecular flexibility index (Phi) is 4.68. The van der Waals surface area contributed by atoms with Crippen LogP contribution in [0.3, 0.4) is 0 Å². The van der Waals surface area contributed by atoms with Gasteiger partial charge in [0.15, 0.2) is 0 Å². The highest BCUT2D eigenvalue weighted by atomic mass is 32.2. The molecule has 2 rings (SSSR count). The molecule has 1 aliphatic heterocycles. The Morgan fingerprint density at radius 1 is 1.41 bits per heavy atom. The zero-order valence-electron chi connectivity index (χ0n) is 9.64. The molecule has 1 heterocycles. The summed E-state index contributed by atoms with van der Waals surface area (Å²) < 4.78 is 18.3. The standard InChI is InChI=1S/C13H17FO2S/c14-11-2-1-3-12(8-11)16-9-13(15)10-4-6-17-7-5-10/h1-3,8,10,13,15H,4-7,9H2. The zero-order chi connectivity index (χ0) is 12.1. The first kappa shape index (κ1) is 12.7. The number of hydrogen-bond acceptors (Lipinski definition) is 3. The van der Waals surface area contributed by atoms with E-state index in [-0.39, 0.29) is 12.4 Å². The lowest BCUT2D eigenvalue weighted by Crippen LogP contribution is -2.30. The largest absolute Gasteiger partial charge is 0.491 e. The number of hydrogen-bond donors (Lipinski definition) is 1. The smallest absolute Gasteiger partial charge is 0.126 e. The topological polar surface area (TPSA) is 29.5 Å². The van der Waals surface area contributed by atoms with Gasteiger partial charge < -0.3 is 9.84 Å². The van der Waals surface area contributed by atoms with Gasteiger partial charge in [0.05, 0.1) is 6.10 Å². The van der Waals surface area contributed by atoms with Gasteiger partial charge in [0.25, 0.3) is 0 Å². The molecule has 1 fully saturated rings. The zero-order valence-corrected chi connectivity index (χ0v) is 10.5. The molecule has 0 aromatic heterocycles. The second-order valence-electron chi connectivity index (χ2n) is 4.29. The van der Waals surface area contributed by atoms with Crippen molar-refractivity contribution in [2.45, 2.75) is 18.9 Å². The van der Waals surface area contributed by atoms with Crippen molar-refractivity contribution in [3.8, 4) is 5.75 Å². The van der Waals surface area contributed by atoms with Crippen LogP contribution in [0.4, 0.5) is 4.39 Å². The normalized spacial score (nSPS) is 18.9. The number of aliphatic hydroxyl groups excluding tert-OH is 1. The third kappa shape index (κ3) is 3.89. The number of benzene rings is 1. The third-order valence-electron chi connectivity index (χ3n) is 3.03. The van der Waals surface area contributed by atoms with Crippen LogP contribution in [0.2, 0.25) is 0 Å². The van der Waals surface area contributed by atoms with Crippen LogP contribution >= 0.6 is 11.8 Å². The Hall–Kier alpha value is -0.740. The van der Waals surface area contributed by atoms with Crippen molar-refractivity contribution >= 4 is 11.8 Å². The van der Waals surface area contributed by atoms with E-state index in [0.29, 0.717) is 11.7 Å². The molecule has 1 atom stereocenters. The van der Waals surface area contributed by atoms with Crippen molar-refractivity contribution in [2.75, 3.05) is 18.1 Å². The van der Waals surface area contributed by atoms with E-state index in [9.17, 15) is 9.50 Å². The first-order chi connectivity index (χ1) is 8.25. The maximum absolute atomic E-state index is 12.9. The molecule has 1 saturated heterocycles. The molecule has 17 heavy (non-hydrogen) atoms. The lowest BCUT2D eigenvalue weighted by Gasteiger charge is -2.26. The van der Waals surface area contributed by atoms with Crippen LogP contribution < -0.4 is 4.74 Å². The van der Waals surface area contributed by atoms with Gasteiger partial charge >= 0.3 is 0 Å². The molecule has 0 radical (unpaired) electrons. The molecule has 1 N–H and O–H groups in total. The Balaban J connectivity index is 1.80. The molecule has 94 valence electrons. The molecular formula is C13H17FO2S. The number of rotatable bonds is 4. The summed E-state index contributed by atoms with van der Waals surface area (Å²) in [5.74, 6) is 2.72. The predicted octanol–water partition coefficient (Wildman–Crippen LogP) is 2.71. The van der Waals surface area contributed by atoms with E-state index in [1.807, 2.05) is 11.8 Å². The highest BCUT2D eigenvalue weighted by Gasteiger charge is 2.22. The minimum absolute atomic E-state index is 0.249. The summed E-state index contributed by atoms with van der Waals surface area (Å²) >= 11 is 1.93. The Morgan fingerprint density at radius 2 is 2.18 bits per heavy atom. The number of thioether (sulfide) groups is 1. The summed E-state index contributed by atoms with van der Waals surface area (Å²) in [4.78, 5) is 0. The Labute approximate surface area is 105 Å². The van der Waals surface area contributed by atoms with Crippen LogP contribution in [-0.4, -0.2) is 29.3 Å². The van der Waals surface area contributed by atoms with E-state index in [2.05, 4.69) is 0 Å². The van der Waals surface area contributed by atoms with E-state index in [4.69, 9.17) is 4.74 Å². The fourth-order valence-corrected chi connectivity index (χ4v) is 3.12. The van der Waals surface area contributed by atoms with E-state index in [1.165, 1.54) is 12.1 Å². The van der Waals surface area contributed by atoms with Gasteiger partial charge in [-0.15, -0.1) is 0 Å². The Morgan fingerprint density at radius 3 is 2.88 bits per heavy atom. The van der Waals surface area contributed by atoms with Gasteiger partial charge in [-0.1, -0.05) is 6.07 Å². The Bertz CT molecular complexity index is 353. The number of ether oxygens (including phenoxy) is 1. The molecule has 0 bridgehead atoms. The van der Waals surface area contributed by atoms with Crippen molar-refractivity contribution in [3.05, 3.63) is 30.1 Å². The molecule has 2 nitrogen and oxygen atoms in total. The molecule has 1 unspecified atom stereocenters. The lowest BCUT2D eigenvalue weighted by molar-refractivity contribution is 0.0533. The second-order valence-corrected chi connectivity index (χ2v) is 5.51. The van der Waals surface area contributed by atoms with E-state index >= 15 is 0 Å². The SMILES string of the molecule is OC(COc1cccc(F)c1)C1CCSCC1. The average molecular weight is 256 g/mol. The molecule has 0 aliphatic carbocycles. The van der Waals surface area contributed by atoms with Crippen molar-refractivity contribution in [3.63, 3.8) is 0 Å². The molecule has 4 heteroatoms. The first-order valence-corrected chi connectivity index (χ1v) is 7.05. The van der Waals surface area contributed by atoms with Gasteiger partial charge in [0.1, 0.15) is 18.2 Å². The molecule has 1 aliphatic rings. The van der Waals surface area contributed by atoms with Crippen LogP contribution in [0.15, 0.2) is 24.3 Å². The monoisotopic (exact) mass is 256 g/mol. The summed E-state index contributed by atoms with van der Waals surface area (Å²) in [5.41, 5.74) is 0. The number of aliphatic hydroxyl groups is 1. The molecule has 1 aromatic carbocycles. The van der Waals surface area contributed by atoms with Crippen molar-refractivity contribution in [1.29, 1.82) is 0 Å². The molecule has 1 aromatic rings. The quantitative estimate of drug-likeness (QED) is 0.898. The van der Waals surface area contributed by atoms with Gasteiger partial charge in [-0.2, -0.15) is 11.8 Å². The molecule has 0 saturated carbocycles. The van der Waals surface area contributed by atoms with E-state index in [1.54, 1.807) is 12.1 Å². The lowest BCUT2D eigenvalue weighted by atomic mass is 9.96. The maximum atomic E-state index is 12.9. The van der Waals surface area contributed by atoms with Crippen molar-refractivity contribution in [1.82, 2.24) is 0 Å². The van der Waals surface area contributed by atoms with Gasteiger partial charge in [-0.3, -0.25) is 0 Å². The minimum atomic E-state index is -0.445. The highest BCUT2D eigenvalue weighted by molar-refractivity contribution is 7.99. The van der Waals surface area contributed by atoms with E-state index in [0.717, 1.165) is 24.3 Å². The van der Waals surface area contributed by atoms with Gasteiger partial charge in [0, 0.05) is 6.07 Å². The van der Waals surface area contributed by atoms with Crippen LogP contribution in [0.5, 0.6) is 5.75 Å². The highest BCUT2D eigenvalue weighted by Crippen LogP contribution is 2.25. The summed E-state index contributed by atoms with van der Waals surface area (Å²) in [5, 5.41) is 9.98. The minimum Gasteiger partial charge on any atom is -0.491 e.